The van der Waals surface area contributed by atoms with E-state index in [0.717, 1.165) is 18.5 Å². The Hall–Kier alpha value is 0.620. The Morgan fingerprint density at radius 2 is 1.85 bits per heavy atom. The Kier molecular flexibility index (Phi) is 3.84. The van der Waals surface area contributed by atoms with Crippen LogP contribution in [0.15, 0.2) is 0 Å². The molecule has 0 bridgehead atoms. The van der Waals surface area contributed by atoms with E-state index in [1.54, 1.807) is 0 Å². The molecule has 2 nitrogen and oxygen atoms in total. The van der Waals surface area contributed by atoms with Crippen LogP contribution in [-0.2, 0) is 0 Å². The van der Waals surface area contributed by atoms with E-state index in [4.69, 9.17) is 5.73 Å². The first kappa shape index (κ1) is 10.1. The zero-order chi connectivity index (χ0) is 9.10. The van der Waals surface area contributed by atoms with E-state index >= 15 is 0 Å². The molecule has 2 aliphatic rings. The maximum atomic E-state index is 5.73. The van der Waals surface area contributed by atoms with Crippen LogP contribution in [0.25, 0.3) is 0 Å². The van der Waals surface area contributed by atoms with Crippen molar-refractivity contribution >= 4 is 21.6 Å². The number of nitrogens with zero attached hydrogens (tertiary/aromatic N) is 1. The van der Waals surface area contributed by atoms with E-state index in [0.29, 0.717) is 0 Å². The maximum Gasteiger partial charge on any atom is 0.0165 e. The highest BCUT2D eigenvalue weighted by Gasteiger charge is 2.34. The van der Waals surface area contributed by atoms with Gasteiger partial charge in [-0.3, -0.25) is 4.90 Å². The van der Waals surface area contributed by atoms with Crippen molar-refractivity contribution in [1.82, 2.24) is 4.90 Å². The average molecular weight is 218 g/mol. The van der Waals surface area contributed by atoms with Crippen molar-refractivity contribution in [2.24, 2.45) is 11.7 Å². The Bertz CT molecular complexity index is 156. The second-order valence-electron chi connectivity index (χ2n) is 3.82. The number of hydrogen-bond acceptors (Lipinski definition) is 4. The first-order valence-corrected chi connectivity index (χ1v) is 7.59. The first-order chi connectivity index (χ1) is 6.42. The van der Waals surface area contributed by atoms with E-state index in [9.17, 15) is 0 Å². The molecule has 1 heterocycles. The van der Waals surface area contributed by atoms with Gasteiger partial charge in [0.25, 0.3) is 0 Å². The van der Waals surface area contributed by atoms with Crippen LogP contribution >= 0.6 is 21.6 Å². The van der Waals surface area contributed by atoms with Crippen LogP contribution < -0.4 is 5.73 Å². The van der Waals surface area contributed by atoms with Crippen LogP contribution in [-0.4, -0.2) is 42.1 Å². The van der Waals surface area contributed by atoms with Crippen LogP contribution in [0, 0.1) is 5.92 Å². The molecule has 0 aromatic rings. The van der Waals surface area contributed by atoms with E-state index in [1.165, 1.54) is 37.4 Å². The molecule has 1 aliphatic carbocycles. The van der Waals surface area contributed by atoms with Gasteiger partial charge in [0.2, 0.25) is 0 Å². The van der Waals surface area contributed by atoms with Gasteiger partial charge in [-0.25, -0.2) is 0 Å². The summed E-state index contributed by atoms with van der Waals surface area (Å²) in [7, 11) is 4.05. The Balaban J connectivity index is 1.84. The lowest BCUT2D eigenvalue weighted by molar-refractivity contribution is 0.0782. The van der Waals surface area contributed by atoms with Gasteiger partial charge in [-0.15, -0.1) is 0 Å². The lowest BCUT2D eigenvalue weighted by Gasteiger charge is -2.43. The van der Waals surface area contributed by atoms with Gasteiger partial charge in [0.15, 0.2) is 0 Å². The molecule has 1 saturated heterocycles. The molecule has 0 aromatic heterocycles. The second-order valence-corrected chi connectivity index (χ2v) is 6.52. The van der Waals surface area contributed by atoms with Gasteiger partial charge >= 0.3 is 0 Å². The Morgan fingerprint density at radius 3 is 2.31 bits per heavy atom. The smallest absolute Gasteiger partial charge is 0.0165 e. The fourth-order valence-electron chi connectivity index (χ4n) is 2.18. The quantitative estimate of drug-likeness (QED) is 0.710. The summed E-state index contributed by atoms with van der Waals surface area (Å²) in [6, 6.07) is 0.823. The standard InChI is InChI=1S/C9H18N2S2/c10-7-8-1-2-9(8)11-3-5-12-13-6-4-11/h8-9H,1-7,10H2. The lowest BCUT2D eigenvalue weighted by atomic mass is 9.78. The van der Waals surface area contributed by atoms with Gasteiger partial charge in [-0.05, 0) is 25.3 Å². The normalized spacial score (nSPS) is 36.7. The molecule has 2 N–H and O–H groups in total. The van der Waals surface area contributed by atoms with Crippen molar-refractivity contribution in [2.75, 3.05) is 31.1 Å². The second kappa shape index (κ2) is 4.91. The molecule has 0 radical (unpaired) electrons. The van der Waals surface area contributed by atoms with Crippen molar-refractivity contribution in [3.8, 4) is 0 Å². The van der Waals surface area contributed by atoms with Crippen LogP contribution in [0.5, 0.6) is 0 Å². The topological polar surface area (TPSA) is 29.3 Å². The van der Waals surface area contributed by atoms with Crippen molar-refractivity contribution in [1.29, 1.82) is 0 Å². The molecule has 13 heavy (non-hydrogen) atoms. The van der Waals surface area contributed by atoms with Gasteiger partial charge in [-0.1, -0.05) is 21.6 Å². The van der Waals surface area contributed by atoms with Crippen molar-refractivity contribution in [3.63, 3.8) is 0 Å². The molecule has 2 fully saturated rings. The highest BCUT2D eigenvalue weighted by atomic mass is 33.1. The van der Waals surface area contributed by atoms with Crippen LogP contribution in [0.2, 0.25) is 0 Å². The SMILES string of the molecule is NCC1CCC1N1CCSSCC1. The molecule has 4 heteroatoms. The zero-order valence-corrected chi connectivity index (χ0v) is 9.58. The summed E-state index contributed by atoms with van der Waals surface area (Å²) in [5.41, 5.74) is 5.73. The number of nitrogens with two attached hydrogens (primary N) is 1. The monoisotopic (exact) mass is 218 g/mol. The molecular formula is C9H18N2S2. The number of rotatable bonds is 2. The minimum Gasteiger partial charge on any atom is -0.330 e. The minimum atomic E-state index is 0.799. The third kappa shape index (κ3) is 2.35. The van der Waals surface area contributed by atoms with Crippen LogP contribution in [0.4, 0.5) is 0 Å². The molecule has 0 aromatic carbocycles. The highest BCUT2D eigenvalue weighted by molar-refractivity contribution is 8.76. The predicted octanol–water partition coefficient (Wildman–Crippen LogP) is 1.42. The van der Waals surface area contributed by atoms with E-state index in [2.05, 4.69) is 4.90 Å². The van der Waals surface area contributed by atoms with E-state index in [1.807, 2.05) is 21.6 Å². The number of hydrogen-bond donors (Lipinski definition) is 1. The minimum absolute atomic E-state index is 0.799. The summed E-state index contributed by atoms with van der Waals surface area (Å²) in [5, 5.41) is 0. The first-order valence-electron chi connectivity index (χ1n) is 5.10. The van der Waals surface area contributed by atoms with Crippen molar-refractivity contribution in [3.05, 3.63) is 0 Å². The lowest BCUT2D eigenvalue weighted by Crippen LogP contribution is -2.50. The van der Waals surface area contributed by atoms with Gasteiger partial charge in [0.05, 0.1) is 0 Å². The maximum absolute atomic E-state index is 5.73. The molecule has 0 spiro atoms. The third-order valence-corrected chi connectivity index (χ3v) is 5.52. The Morgan fingerprint density at radius 1 is 1.15 bits per heavy atom. The highest BCUT2D eigenvalue weighted by Crippen LogP contribution is 2.34. The van der Waals surface area contributed by atoms with Gasteiger partial charge in [-0.2, -0.15) is 0 Å². The third-order valence-electron chi connectivity index (χ3n) is 3.16. The predicted molar refractivity (Wildman–Crippen MR) is 62.1 cm³/mol. The molecular weight excluding hydrogens is 200 g/mol. The van der Waals surface area contributed by atoms with E-state index in [-0.39, 0.29) is 0 Å². The largest absolute Gasteiger partial charge is 0.330 e. The summed E-state index contributed by atoms with van der Waals surface area (Å²) in [4.78, 5) is 2.66. The van der Waals surface area contributed by atoms with Crippen LogP contribution in [0.3, 0.4) is 0 Å². The molecule has 2 rings (SSSR count). The molecule has 76 valence electrons. The summed E-state index contributed by atoms with van der Waals surface area (Å²) >= 11 is 0. The summed E-state index contributed by atoms with van der Waals surface area (Å²) in [6.45, 7) is 3.44. The fourth-order valence-corrected chi connectivity index (χ4v) is 4.19. The van der Waals surface area contributed by atoms with Gasteiger partial charge < -0.3 is 5.73 Å². The average Bonchev–Trinajstić information content (AvgIpc) is 2.32. The van der Waals surface area contributed by atoms with Crippen molar-refractivity contribution in [2.45, 2.75) is 18.9 Å². The zero-order valence-electron chi connectivity index (χ0n) is 7.95. The summed E-state index contributed by atoms with van der Waals surface area (Å²) in [5.74, 6) is 3.38. The molecule has 0 amide bonds. The fraction of sp³-hybridized carbons (Fsp3) is 1.00. The molecule has 2 unspecified atom stereocenters. The van der Waals surface area contributed by atoms with E-state index < -0.39 is 0 Å². The van der Waals surface area contributed by atoms with Gasteiger partial charge in [0.1, 0.15) is 0 Å². The van der Waals surface area contributed by atoms with Crippen LogP contribution in [0.1, 0.15) is 12.8 Å². The molecule has 2 atom stereocenters. The summed E-state index contributed by atoms with van der Waals surface area (Å²) in [6.07, 6.45) is 2.75. The van der Waals surface area contributed by atoms with Crippen molar-refractivity contribution < 1.29 is 0 Å². The molecule has 1 saturated carbocycles. The summed E-state index contributed by atoms with van der Waals surface area (Å²) < 4.78 is 0. The van der Waals surface area contributed by atoms with Gasteiger partial charge in [0, 0.05) is 30.6 Å². The Labute approximate surface area is 88.4 Å². The molecule has 1 aliphatic heterocycles.